The van der Waals surface area contributed by atoms with E-state index in [0.717, 1.165) is 48.5 Å². The van der Waals surface area contributed by atoms with Gasteiger partial charge in [0.1, 0.15) is 16.7 Å². The summed E-state index contributed by atoms with van der Waals surface area (Å²) < 4.78 is 0. The normalized spacial score (nSPS) is 15.9. The lowest BCUT2D eigenvalue weighted by Crippen LogP contribution is -2.49. The Kier molecular flexibility index (Phi) is 9.15. The van der Waals surface area contributed by atoms with E-state index in [9.17, 15) is 9.59 Å². The van der Waals surface area contributed by atoms with Crippen molar-refractivity contribution < 1.29 is 9.59 Å². The van der Waals surface area contributed by atoms with Gasteiger partial charge in [-0.1, -0.05) is 35.7 Å². The number of aromatic nitrogens is 4. The van der Waals surface area contributed by atoms with E-state index in [2.05, 4.69) is 29.7 Å². The minimum atomic E-state index is 0.0833. The van der Waals surface area contributed by atoms with E-state index >= 15 is 0 Å². The molecule has 0 unspecified atom stereocenters. The molecule has 2 amide bonds. The zero-order valence-electron chi connectivity index (χ0n) is 22.0. The van der Waals surface area contributed by atoms with Gasteiger partial charge in [0.15, 0.2) is 5.16 Å². The lowest BCUT2D eigenvalue weighted by atomic mass is 10.3. The largest absolute Gasteiger partial charge is 0.353 e. The molecule has 0 aromatic carbocycles. The first-order chi connectivity index (χ1) is 19.0. The minimum absolute atomic E-state index is 0.0833. The van der Waals surface area contributed by atoms with Crippen LogP contribution in [0.2, 0.25) is 0 Å². The summed E-state index contributed by atoms with van der Waals surface area (Å²) in [4.78, 5) is 51.8. The Morgan fingerprint density at radius 1 is 0.718 bits per heavy atom. The van der Waals surface area contributed by atoms with Crippen molar-refractivity contribution in [1.82, 2.24) is 29.7 Å². The number of hydrogen-bond donors (Lipinski definition) is 0. The molecule has 5 rings (SSSR count). The summed E-state index contributed by atoms with van der Waals surface area (Å²) in [6.07, 6.45) is 3.58. The van der Waals surface area contributed by atoms with Crippen LogP contribution in [0, 0.1) is 6.92 Å². The SMILES string of the molecule is Cc1cc(SCC(=O)N2CCN(c3ccccn3)CC2)nc(SCC(=O)N2CCN(c3ccccn3)CC2)n1. The molecule has 0 radical (unpaired) electrons. The molecule has 0 atom stereocenters. The predicted molar refractivity (Wildman–Crippen MR) is 154 cm³/mol. The number of hydrogen-bond acceptors (Lipinski definition) is 10. The zero-order valence-corrected chi connectivity index (χ0v) is 23.6. The third-order valence-corrected chi connectivity index (χ3v) is 8.42. The smallest absolute Gasteiger partial charge is 0.233 e. The fourth-order valence-corrected chi connectivity index (χ4v) is 6.27. The molecule has 3 aromatic rings. The third-order valence-electron chi connectivity index (χ3n) is 6.69. The number of thioether (sulfide) groups is 2. The molecule has 3 aromatic heterocycles. The molecule has 204 valence electrons. The highest BCUT2D eigenvalue weighted by Gasteiger charge is 2.23. The summed E-state index contributed by atoms with van der Waals surface area (Å²) in [5.74, 6) is 2.69. The van der Waals surface area contributed by atoms with Crippen LogP contribution in [0.15, 0.2) is 65.0 Å². The molecule has 2 fully saturated rings. The van der Waals surface area contributed by atoms with Gasteiger partial charge < -0.3 is 19.6 Å². The highest BCUT2D eigenvalue weighted by atomic mass is 32.2. The maximum atomic E-state index is 12.9. The maximum absolute atomic E-state index is 12.9. The van der Waals surface area contributed by atoms with E-state index in [1.165, 1.54) is 23.5 Å². The van der Waals surface area contributed by atoms with E-state index < -0.39 is 0 Å². The monoisotopic (exact) mass is 564 g/mol. The Balaban J connectivity index is 1.06. The van der Waals surface area contributed by atoms with Crippen LogP contribution >= 0.6 is 23.5 Å². The minimum Gasteiger partial charge on any atom is -0.353 e. The Morgan fingerprint density at radius 2 is 1.23 bits per heavy atom. The van der Waals surface area contributed by atoms with Crippen molar-refractivity contribution in [3.8, 4) is 0 Å². The standard InChI is InChI=1S/C27H32N8O2S2/c1-21-18-24(38-19-25(36)34-14-10-32(11-15-34)22-6-2-4-8-28-22)31-27(30-21)39-20-26(37)35-16-12-33(13-17-35)23-7-3-5-9-29-23/h2-9,18H,10-17,19-20H2,1H3. The van der Waals surface area contributed by atoms with Crippen LogP contribution in [0.4, 0.5) is 11.6 Å². The Morgan fingerprint density at radius 3 is 1.72 bits per heavy atom. The van der Waals surface area contributed by atoms with Crippen LogP contribution in [-0.2, 0) is 9.59 Å². The lowest BCUT2D eigenvalue weighted by molar-refractivity contribution is -0.129. The number of anilines is 2. The second kappa shape index (κ2) is 13.1. The van der Waals surface area contributed by atoms with Crippen LogP contribution in [-0.4, -0.2) is 105 Å². The molecule has 0 spiro atoms. The number of pyridine rings is 2. The first-order valence-corrected chi connectivity index (χ1v) is 15.0. The number of piperazine rings is 2. The van der Waals surface area contributed by atoms with Crippen molar-refractivity contribution in [3.63, 3.8) is 0 Å². The summed E-state index contributed by atoms with van der Waals surface area (Å²) >= 11 is 2.77. The Labute approximate surface area is 237 Å². The predicted octanol–water partition coefficient (Wildman–Crippen LogP) is 2.46. The summed E-state index contributed by atoms with van der Waals surface area (Å²) in [6, 6.07) is 13.7. The van der Waals surface area contributed by atoms with E-state index in [0.29, 0.717) is 37.1 Å². The summed E-state index contributed by atoms with van der Waals surface area (Å²) in [5.41, 5.74) is 0.822. The van der Waals surface area contributed by atoms with Crippen molar-refractivity contribution in [1.29, 1.82) is 0 Å². The average molecular weight is 565 g/mol. The average Bonchev–Trinajstić information content (AvgIpc) is 2.99. The number of carbonyl (C=O) groups is 2. The highest BCUT2D eigenvalue weighted by molar-refractivity contribution is 8.00. The van der Waals surface area contributed by atoms with Gasteiger partial charge in [-0.05, 0) is 37.3 Å². The van der Waals surface area contributed by atoms with Gasteiger partial charge in [-0.3, -0.25) is 9.59 Å². The van der Waals surface area contributed by atoms with Gasteiger partial charge >= 0.3 is 0 Å². The number of rotatable bonds is 8. The topological polar surface area (TPSA) is 98.7 Å². The molecular weight excluding hydrogens is 532 g/mol. The lowest BCUT2D eigenvalue weighted by Gasteiger charge is -2.35. The van der Waals surface area contributed by atoms with Crippen LogP contribution in [0.3, 0.4) is 0 Å². The van der Waals surface area contributed by atoms with Crippen LogP contribution in [0.25, 0.3) is 0 Å². The van der Waals surface area contributed by atoms with Crippen molar-refractivity contribution in [3.05, 3.63) is 60.6 Å². The van der Waals surface area contributed by atoms with E-state index in [4.69, 9.17) is 0 Å². The quantitative estimate of drug-likeness (QED) is 0.231. The first-order valence-electron chi connectivity index (χ1n) is 13.0. The number of aryl methyl sites for hydroxylation is 1. The second-order valence-corrected chi connectivity index (χ2v) is 11.3. The van der Waals surface area contributed by atoms with Crippen LogP contribution in [0.5, 0.6) is 0 Å². The molecule has 12 heteroatoms. The van der Waals surface area contributed by atoms with Gasteiger partial charge in [-0.25, -0.2) is 19.9 Å². The molecule has 2 aliphatic rings. The fourth-order valence-electron chi connectivity index (χ4n) is 4.55. The van der Waals surface area contributed by atoms with E-state index in [1.54, 1.807) is 12.4 Å². The van der Waals surface area contributed by atoms with E-state index in [-0.39, 0.29) is 17.6 Å². The molecule has 2 saturated heterocycles. The van der Waals surface area contributed by atoms with Gasteiger partial charge in [-0.2, -0.15) is 0 Å². The highest BCUT2D eigenvalue weighted by Crippen LogP contribution is 2.23. The summed E-state index contributed by atoms with van der Waals surface area (Å²) in [7, 11) is 0. The third kappa shape index (κ3) is 7.39. The van der Waals surface area contributed by atoms with Crippen molar-refractivity contribution in [2.75, 3.05) is 73.7 Å². The van der Waals surface area contributed by atoms with Crippen molar-refractivity contribution in [2.45, 2.75) is 17.1 Å². The molecule has 0 N–H and O–H groups in total. The van der Waals surface area contributed by atoms with Gasteiger partial charge in [-0.15, -0.1) is 0 Å². The van der Waals surface area contributed by atoms with Crippen molar-refractivity contribution >= 4 is 47.0 Å². The van der Waals surface area contributed by atoms with Crippen LogP contribution in [0.1, 0.15) is 5.69 Å². The van der Waals surface area contributed by atoms with Gasteiger partial charge in [0.25, 0.3) is 0 Å². The molecule has 0 aliphatic carbocycles. The van der Waals surface area contributed by atoms with Gasteiger partial charge in [0, 0.05) is 70.4 Å². The van der Waals surface area contributed by atoms with Gasteiger partial charge in [0.2, 0.25) is 11.8 Å². The summed E-state index contributed by atoms with van der Waals surface area (Å²) in [6.45, 7) is 7.68. The number of carbonyl (C=O) groups excluding carboxylic acids is 2. The maximum Gasteiger partial charge on any atom is 0.233 e. The second-order valence-electron chi connectivity index (χ2n) is 9.32. The molecule has 0 bridgehead atoms. The van der Waals surface area contributed by atoms with E-state index in [1.807, 2.05) is 59.2 Å². The Hall–Kier alpha value is -3.38. The molecule has 2 aliphatic heterocycles. The molecule has 5 heterocycles. The first kappa shape index (κ1) is 27.2. The molecule has 0 saturated carbocycles. The molecular formula is C27H32N8O2S2. The van der Waals surface area contributed by atoms with Gasteiger partial charge in [0.05, 0.1) is 11.5 Å². The molecule has 10 nitrogen and oxygen atoms in total. The van der Waals surface area contributed by atoms with Crippen LogP contribution < -0.4 is 9.80 Å². The van der Waals surface area contributed by atoms with Crippen molar-refractivity contribution in [2.24, 2.45) is 0 Å². The zero-order chi connectivity index (χ0) is 27.0. The Bertz CT molecular complexity index is 1160. The molecule has 39 heavy (non-hydrogen) atoms. The summed E-state index contributed by atoms with van der Waals surface area (Å²) in [5, 5.41) is 1.32. The number of amides is 2. The fraction of sp³-hybridized carbons (Fsp3) is 0.407. The number of nitrogens with zero attached hydrogens (tertiary/aromatic N) is 8.